The Labute approximate surface area is 139 Å². The minimum atomic E-state index is -1.17. The Morgan fingerprint density at radius 3 is 2.62 bits per heavy atom. The molecule has 4 heteroatoms. The van der Waals surface area contributed by atoms with Crippen molar-refractivity contribution in [1.29, 1.82) is 0 Å². The number of rotatable bonds is 2. The van der Waals surface area contributed by atoms with Gasteiger partial charge in [0.1, 0.15) is 5.56 Å². The third kappa shape index (κ3) is 2.07. The molecule has 24 heavy (non-hydrogen) atoms. The third-order valence-electron chi connectivity index (χ3n) is 4.90. The maximum absolute atomic E-state index is 12.6. The third-order valence-corrected chi connectivity index (χ3v) is 4.90. The highest BCUT2D eigenvalue weighted by Crippen LogP contribution is 2.36. The van der Waals surface area contributed by atoms with Crippen LogP contribution in [0.25, 0.3) is 22.0 Å². The van der Waals surface area contributed by atoms with Crippen LogP contribution in [0.3, 0.4) is 0 Å². The predicted octanol–water partition coefficient (Wildman–Crippen LogP) is 3.87. The number of aromatic nitrogens is 1. The van der Waals surface area contributed by atoms with Crippen LogP contribution in [0.4, 0.5) is 0 Å². The molecular formula is C20H17NO3. The summed E-state index contributed by atoms with van der Waals surface area (Å²) in [4.78, 5) is 24.0. The fourth-order valence-electron chi connectivity index (χ4n) is 3.66. The van der Waals surface area contributed by atoms with E-state index in [1.165, 1.54) is 6.20 Å². The first kappa shape index (κ1) is 14.7. The molecule has 2 heterocycles. The molecule has 4 rings (SSSR count). The zero-order chi connectivity index (χ0) is 16.8. The van der Waals surface area contributed by atoms with Gasteiger partial charge in [-0.1, -0.05) is 36.4 Å². The van der Waals surface area contributed by atoms with Gasteiger partial charge in [-0.15, -0.1) is 0 Å². The number of nitrogens with zero attached hydrogens (tertiary/aromatic N) is 1. The highest BCUT2D eigenvalue weighted by Gasteiger charge is 2.24. The van der Waals surface area contributed by atoms with E-state index >= 15 is 0 Å². The molecule has 2 aromatic carbocycles. The van der Waals surface area contributed by atoms with Crippen LogP contribution in [0.1, 0.15) is 35.3 Å². The number of benzene rings is 2. The zero-order valence-corrected chi connectivity index (χ0v) is 13.3. The monoisotopic (exact) mass is 319 g/mol. The molecule has 4 nitrogen and oxygen atoms in total. The molecule has 1 atom stereocenters. The molecule has 1 aliphatic rings. The van der Waals surface area contributed by atoms with Gasteiger partial charge in [-0.2, -0.15) is 0 Å². The quantitative estimate of drug-likeness (QED) is 0.780. The Bertz CT molecular complexity index is 1020. The van der Waals surface area contributed by atoms with Crippen molar-refractivity contribution in [3.05, 3.63) is 70.0 Å². The molecule has 0 bridgehead atoms. The standard InChI is InChI=1S/C20H17NO3/c1-12-7-8-15-14(13-5-3-2-4-6-13)9-10-16-18(15)21(12)11-17(19(16)22)20(23)24/h2-6,9-12H,7-8H2,1H3,(H,23,24). The van der Waals surface area contributed by atoms with E-state index in [1.54, 1.807) is 6.07 Å². The average Bonchev–Trinajstić information content (AvgIpc) is 2.59. The van der Waals surface area contributed by atoms with Crippen LogP contribution in [0.2, 0.25) is 0 Å². The maximum atomic E-state index is 12.6. The van der Waals surface area contributed by atoms with Crippen molar-refractivity contribution in [1.82, 2.24) is 4.57 Å². The second-order valence-electron chi connectivity index (χ2n) is 6.33. The summed E-state index contributed by atoms with van der Waals surface area (Å²) in [6, 6.07) is 14.0. The Morgan fingerprint density at radius 1 is 1.17 bits per heavy atom. The number of hydrogen-bond acceptors (Lipinski definition) is 2. The molecule has 0 saturated carbocycles. The van der Waals surface area contributed by atoms with Gasteiger partial charge in [0, 0.05) is 17.6 Å². The van der Waals surface area contributed by atoms with Gasteiger partial charge < -0.3 is 9.67 Å². The van der Waals surface area contributed by atoms with E-state index in [2.05, 4.69) is 19.1 Å². The van der Waals surface area contributed by atoms with Crippen molar-refractivity contribution in [2.24, 2.45) is 0 Å². The normalized spacial score (nSPS) is 16.3. The number of carboxylic acids is 1. The molecule has 3 aromatic rings. The number of carboxylic acid groups (broad SMARTS) is 1. The summed E-state index contributed by atoms with van der Waals surface area (Å²) in [5.74, 6) is -1.17. The lowest BCUT2D eigenvalue weighted by atomic mass is 9.89. The van der Waals surface area contributed by atoms with Gasteiger partial charge in [0.15, 0.2) is 0 Å². The predicted molar refractivity (Wildman–Crippen MR) is 93.6 cm³/mol. The highest BCUT2D eigenvalue weighted by atomic mass is 16.4. The van der Waals surface area contributed by atoms with E-state index in [1.807, 2.05) is 28.8 Å². The number of aryl methyl sites for hydroxylation is 1. The lowest BCUT2D eigenvalue weighted by Gasteiger charge is -2.28. The molecule has 120 valence electrons. The first-order valence-corrected chi connectivity index (χ1v) is 8.07. The molecule has 0 amide bonds. The molecule has 1 unspecified atom stereocenters. The van der Waals surface area contributed by atoms with Crippen molar-refractivity contribution in [2.75, 3.05) is 0 Å². The van der Waals surface area contributed by atoms with Crippen molar-refractivity contribution in [3.8, 4) is 11.1 Å². The zero-order valence-electron chi connectivity index (χ0n) is 13.3. The van der Waals surface area contributed by atoms with Crippen LogP contribution < -0.4 is 5.43 Å². The molecule has 1 N–H and O–H groups in total. The molecule has 0 saturated heterocycles. The number of hydrogen-bond donors (Lipinski definition) is 1. The second-order valence-corrected chi connectivity index (χ2v) is 6.33. The van der Waals surface area contributed by atoms with Crippen molar-refractivity contribution < 1.29 is 9.90 Å². The van der Waals surface area contributed by atoms with Gasteiger partial charge in [-0.3, -0.25) is 4.79 Å². The van der Waals surface area contributed by atoms with E-state index in [-0.39, 0.29) is 11.6 Å². The Kier molecular flexibility index (Phi) is 3.27. The van der Waals surface area contributed by atoms with Crippen molar-refractivity contribution in [3.63, 3.8) is 0 Å². The average molecular weight is 319 g/mol. The van der Waals surface area contributed by atoms with Crippen molar-refractivity contribution >= 4 is 16.9 Å². The van der Waals surface area contributed by atoms with Gasteiger partial charge in [0.2, 0.25) is 5.43 Å². The smallest absolute Gasteiger partial charge is 0.341 e. The fourth-order valence-corrected chi connectivity index (χ4v) is 3.66. The highest BCUT2D eigenvalue weighted by molar-refractivity contribution is 5.96. The van der Waals surface area contributed by atoms with Gasteiger partial charge in [-0.05, 0) is 42.5 Å². The van der Waals surface area contributed by atoms with Gasteiger partial charge in [0.05, 0.1) is 5.52 Å². The van der Waals surface area contributed by atoms with E-state index in [0.29, 0.717) is 5.39 Å². The van der Waals surface area contributed by atoms with Crippen LogP contribution in [-0.4, -0.2) is 15.6 Å². The Morgan fingerprint density at radius 2 is 1.92 bits per heavy atom. The molecule has 0 fully saturated rings. The summed E-state index contributed by atoms with van der Waals surface area (Å²) in [6.45, 7) is 2.06. The number of pyridine rings is 1. The van der Waals surface area contributed by atoms with Crippen LogP contribution in [0.5, 0.6) is 0 Å². The van der Waals surface area contributed by atoms with Crippen LogP contribution in [0, 0.1) is 0 Å². The lowest BCUT2D eigenvalue weighted by molar-refractivity contribution is 0.0694. The molecule has 1 aliphatic heterocycles. The topological polar surface area (TPSA) is 59.3 Å². The largest absolute Gasteiger partial charge is 0.477 e. The van der Waals surface area contributed by atoms with E-state index in [0.717, 1.165) is 35.0 Å². The molecule has 1 aromatic heterocycles. The molecule has 0 aliphatic carbocycles. The van der Waals surface area contributed by atoms with Crippen LogP contribution in [-0.2, 0) is 6.42 Å². The van der Waals surface area contributed by atoms with E-state index < -0.39 is 11.4 Å². The Balaban J connectivity index is 2.12. The summed E-state index contributed by atoms with van der Waals surface area (Å²) >= 11 is 0. The molecular weight excluding hydrogens is 302 g/mol. The first-order chi connectivity index (χ1) is 11.6. The summed E-state index contributed by atoms with van der Waals surface area (Å²) in [5, 5.41) is 9.83. The summed E-state index contributed by atoms with van der Waals surface area (Å²) in [5.41, 5.74) is 3.69. The summed E-state index contributed by atoms with van der Waals surface area (Å²) in [6.07, 6.45) is 3.32. The van der Waals surface area contributed by atoms with Crippen molar-refractivity contribution in [2.45, 2.75) is 25.8 Å². The fraction of sp³-hybridized carbons (Fsp3) is 0.200. The molecule has 0 radical (unpaired) electrons. The van der Waals surface area contributed by atoms with Crippen LogP contribution in [0.15, 0.2) is 53.5 Å². The SMILES string of the molecule is CC1CCc2c(-c3ccccc3)ccc3c(=O)c(C(=O)O)cn1c23. The lowest BCUT2D eigenvalue weighted by Crippen LogP contribution is -2.24. The Hall–Kier alpha value is -2.88. The summed E-state index contributed by atoms with van der Waals surface area (Å²) in [7, 11) is 0. The van der Waals surface area contributed by atoms with Gasteiger partial charge in [0.25, 0.3) is 0 Å². The maximum Gasteiger partial charge on any atom is 0.341 e. The summed E-state index contributed by atoms with van der Waals surface area (Å²) < 4.78 is 1.96. The first-order valence-electron chi connectivity index (χ1n) is 8.07. The minimum Gasteiger partial charge on any atom is -0.477 e. The van der Waals surface area contributed by atoms with E-state index in [4.69, 9.17) is 0 Å². The molecule has 0 spiro atoms. The number of aromatic carboxylic acids is 1. The minimum absolute atomic E-state index is 0.158. The van der Waals surface area contributed by atoms with E-state index in [9.17, 15) is 14.7 Å². The van der Waals surface area contributed by atoms with Crippen LogP contribution >= 0.6 is 0 Å². The number of carbonyl (C=O) groups is 1. The van der Waals surface area contributed by atoms with Gasteiger partial charge >= 0.3 is 5.97 Å². The second kappa shape index (κ2) is 5.34. The van der Waals surface area contributed by atoms with Gasteiger partial charge in [-0.25, -0.2) is 4.79 Å².